The highest BCUT2D eigenvalue weighted by Crippen LogP contribution is 2.20. The smallest absolute Gasteiger partial charge is 0.408 e. The summed E-state index contributed by atoms with van der Waals surface area (Å²) in [5.74, 6) is -1.09. The van der Waals surface area contributed by atoms with Gasteiger partial charge in [-0.15, -0.1) is 0 Å². The van der Waals surface area contributed by atoms with Gasteiger partial charge in [-0.2, -0.15) is 0 Å². The molecule has 0 fully saturated rings. The SMILES string of the molecule is CC(C)(C)OC(=O)N[C@@H](Cc1c[nH]c2ccccc12)C(=O)Nc1ccccc1F. The van der Waals surface area contributed by atoms with E-state index in [1.54, 1.807) is 33.0 Å². The van der Waals surface area contributed by atoms with Gasteiger partial charge >= 0.3 is 6.09 Å². The summed E-state index contributed by atoms with van der Waals surface area (Å²) in [6, 6.07) is 12.6. The van der Waals surface area contributed by atoms with E-state index in [0.717, 1.165) is 16.5 Å². The molecule has 0 spiro atoms. The van der Waals surface area contributed by atoms with Crippen molar-refractivity contribution in [2.75, 3.05) is 5.32 Å². The van der Waals surface area contributed by atoms with Gasteiger partial charge in [0.15, 0.2) is 0 Å². The molecule has 1 atom stereocenters. The third-order valence-corrected chi connectivity index (χ3v) is 4.24. The summed E-state index contributed by atoms with van der Waals surface area (Å²) < 4.78 is 19.2. The summed E-state index contributed by atoms with van der Waals surface area (Å²) in [6.45, 7) is 5.21. The van der Waals surface area contributed by atoms with E-state index >= 15 is 0 Å². The van der Waals surface area contributed by atoms with Crippen molar-refractivity contribution in [3.05, 3.63) is 66.1 Å². The Bertz CT molecular complexity index is 1020. The van der Waals surface area contributed by atoms with Crippen molar-refractivity contribution in [1.29, 1.82) is 0 Å². The molecule has 3 aromatic rings. The number of rotatable bonds is 5. The maximum atomic E-state index is 14.0. The lowest BCUT2D eigenvalue weighted by molar-refractivity contribution is -0.118. The quantitative estimate of drug-likeness (QED) is 0.597. The van der Waals surface area contributed by atoms with E-state index in [1.165, 1.54) is 18.2 Å². The lowest BCUT2D eigenvalue weighted by atomic mass is 10.0. The standard InChI is InChI=1S/C22H24FN3O3/c1-22(2,3)29-21(28)26-19(20(27)25-18-11-7-5-9-16(18)23)12-14-13-24-17-10-6-4-8-15(14)17/h4-11,13,19,24H,12H2,1-3H3,(H,25,27)(H,26,28)/t19-/m0/s1. The molecule has 0 saturated carbocycles. The Hall–Kier alpha value is -3.35. The van der Waals surface area contributed by atoms with Gasteiger partial charge in [0.2, 0.25) is 5.91 Å². The second-order valence-corrected chi connectivity index (χ2v) is 7.73. The molecule has 3 rings (SSSR count). The van der Waals surface area contributed by atoms with Gasteiger partial charge < -0.3 is 20.4 Å². The van der Waals surface area contributed by atoms with Crippen LogP contribution in [0.5, 0.6) is 0 Å². The van der Waals surface area contributed by atoms with Gasteiger partial charge in [-0.1, -0.05) is 30.3 Å². The number of para-hydroxylation sites is 2. The van der Waals surface area contributed by atoms with E-state index in [1.807, 2.05) is 24.3 Å². The average Bonchev–Trinajstić information content (AvgIpc) is 3.04. The van der Waals surface area contributed by atoms with Gasteiger partial charge in [-0.05, 0) is 44.5 Å². The number of ether oxygens (including phenoxy) is 1. The van der Waals surface area contributed by atoms with Crippen molar-refractivity contribution >= 4 is 28.6 Å². The second kappa shape index (κ2) is 8.34. The molecule has 0 saturated heterocycles. The molecule has 29 heavy (non-hydrogen) atoms. The fourth-order valence-electron chi connectivity index (χ4n) is 2.96. The average molecular weight is 397 g/mol. The molecular formula is C22H24FN3O3. The largest absolute Gasteiger partial charge is 0.444 e. The van der Waals surface area contributed by atoms with Gasteiger partial charge in [0.1, 0.15) is 17.5 Å². The fraction of sp³-hybridized carbons (Fsp3) is 0.273. The zero-order chi connectivity index (χ0) is 21.0. The van der Waals surface area contributed by atoms with Crippen LogP contribution < -0.4 is 10.6 Å². The van der Waals surface area contributed by atoms with Crippen LogP contribution in [0.1, 0.15) is 26.3 Å². The number of nitrogens with one attached hydrogen (secondary N) is 3. The lowest BCUT2D eigenvalue weighted by Gasteiger charge is -2.23. The predicted octanol–water partition coefficient (Wildman–Crippen LogP) is 4.38. The first-order chi connectivity index (χ1) is 13.7. The van der Waals surface area contributed by atoms with Gasteiger partial charge in [-0.25, -0.2) is 9.18 Å². The molecule has 0 aliphatic rings. The molecule has 0 unspecified atom stereocenters. The van der Waals surface area contributed by atoms with Crippen LogP contribution in [0.25, 0.3) is 10.9 Å². The molecule has 152 valence electrons. The van der Waals surface area contributed by atoms with Crippen LogP contribution in [0.15, 0.2) is 54.7 Å². The van der Waals surface area contributed by atoms with Gasteiger partial charge in [0.25, 0.3) is 0 Å². The van der Waals surface area contributed by atoms with Gasteiger partial charge in [0.05, 0.1) is 5.69 Å². The molecular weight excluding hydrogens is 373 g/mol. The molecule has 3 N–H and O–H groups in total. The van der Waals surface area contributed by atoms with Crippen molar-refractivity contribution in [2.45, 2.75) is 38.8 Å². The summed E-state index contributed by atoms with van der Waals surface area (Å²) in [7, 11) is 0. The Morgan fingerprint density at radius 3 is 2.52 bits per heavy atom. The molecule has 6 nitrogen and oxygen atoms in total. The molecule has 1 aromatic heterocycles. The number of alkyl carbamates (subject to hydrolysis) is 1. The minimum atomic E-state index is -0.955. The number of hydrogen-bond acceptors (Lipinski definition) is 3. The van der Waals surface area contributed by atoms with Crippen LogP contribution >= 0.6 is 0 Å². The number of halogens is 1. The molecule has 0 aliphatic heterocycles. The summed E-state index contributed by atoms with van der Waals surface area (Å²) in [6.07, 6.45) is 1.29. The van der Waals surface area contributed by atoms with E-state index < -0.39 is 29.5 Å². The maximum absolute atomic E-state index is 14.0. The van der Waals surface area contributed by atoms with Crippen molar-refractivity contribution in [2.24, 2.45) is 0 Å². The first-order valence-corrected chi connectivity index (χ1v) is 9.33. The Morgan fingerprint density at radius 2 is 1.79 bits per heavy atom. The third-order valence-electron chi connectivity index (χ3n) is 4.24. The normalized spacial score (nSPS) is 12.4. The number of fused-ring (bicyclic) bond motifs is 1. The lowest BCUT2D eigenvalue weighted by Crippen LogP contribution is -2.47. The van der Waals surface area contributed by atoms with Crippen molar-refractivity contribution in [1.82, 2.24) is 10.3 Å². The Kier molecular flexibility index (Phi) is 5.87. The first kappa shape index (κ1) is 20.4. The highest BCUT2D eigenvalue weighted by Gasteiger charge is 2.26. The summed E-state index contributed by atoms with van der Waals surface area (Å²) in [5, 5.41) is 6.10. The second-order valence-electron chi connectivity index (χ2n) is 7.73. The predicted molar refractivity (Wildman–Crippen MR) is 110 cm³/mol. The molecule has 1 heterocycles. The highest BCUT2D eigenvalue weighted by molar-refractivity contribution is 5.97. The number of benzene rings is 2. The van der Waals surface area contributed by atoms with Crippen molar-refractivity contribution in [3.8, 4) is 0 Å². The van der Waals surface area contributed by atoms with Crippen LogP contribution in [0.4, 0.5) is 14.9 Å². The van der Waals surface area contributed by atoms with Crippen LogP contribution in [0.3, 0.4) is 0 Å². The molecule has 2 amide bonds. The van der Waals surface area contributed by atoms with Gasteiger partial charge in [0, 0.05) is 23.5 Å². The van der Waals surface area contributed by atoms with Crippen LogP contribution in [-0.2, 0) is 16.0 Å². The number of aromatic amines is 1. The fourth-order valence-corrected chi connectivity index (χ4v) is 2.96. The third kappa shape index (κ3) is 5.34. The summed E-state index contributed by atoms with van der Waals surface area (Å²) in [4.78, 5) is 28.3. The Morgan fingerprint density at radius 1 is 1.10 bits per heavy atom. The number of anilines is 1. The number of carbonyl (C=O) groups is 2. The van der Waals surface area contributed by atoms with E-state index in [9.17, 15) is 14.0 Å². The van der Waals surface area contributed by atoms with E-state index in [4.69, 9.17) is 4.74 Å². The zero-order valence-electron chi connectivity index (χ0n) is 16.6. The molecule has 0 radical (unpaired) electrons. The number of aromatic nitrogens is 1. The van der Waals surface area contributed by atoms with Crippen molar-refractivity contribution in [3.63, 3.8) is 0 Å². The Labute approximate surface area is 168 Å². The molecule has 7 heteroatoms. The van der Waals surface area contributed by atoms with Crippen LogP contribution in [0, 0.1) is 5.82 Å². The number of amides is 2. The van der Waals surface area contributed by atoms with E-state index in [0.29, 0.717) is 0 Å². The maximum Gasteiger partial charge on any atom is 0.408 e. The van der Waals surface area contributed by atoms with Crippen molar-refractivity contribution < 1.29 is 18.7 Å². The highest BCUT2D eigenvalue weighted by atomic mass is 19.1. The molecule has 0 bridgehead atoms. The summed E-state index contributed by atoms with van der Waals surface area (Å²) in [5.41, 5.74) is 1.11. The van der Waals surface area contributed by atoms with Gasteiger partial charge in [-0.3, -0.25) is 4.79 Å². The molecule has 0 aliphatic carbocycles. The van der Waals surface area contributed by atoms with E-state index in [2.05, 4.69) is 15.6 Å². The number of hydrogen-bond donors (Lipinski definition) is 3. The van der Waals surface area contributed by atoms with E-state index in [-0.39, 0.29) is 12.1 Å². The Balaban J connectivity index is 1.83. The molecule has 2 aromatic carbocycles. The topological polar surface area (TPSA) is 83.2 Å². The zero-order valence-corrected chi connectivity index (χ0v) is 16.6. The first-order valence-electron chi connectivity index (χ1n) is 9.33. The minimum Gasteiger partial charge on any atom is -0.444 e. The summed E-state index contributed by atoms with van der Waals surface area (Å²) >= 11 is 0. The van der Waals surface area contributed by atoms with Crippen LogP contribution in [0.2, 0.25) is 0 Å². The monoisotopic (exact) mass is 397 g/mol. The van der Waals surface area contributed by atoms with Crippen LogP contribution in [-0.4, -0.2) is 28.6 Å². The number of carbonyl (C=O) groups excluding carboxylic acids is 2. The minimum absolute atomic E-state index is 0.0485. The number of H-pyrrole nitrogens is 1.